The smallest absolute Gasteiger partial charge is 0.0141 e. The van der Waals surface area contributed by atoms with Crippen LogP contribution in [0, 0.1) is 0 Å². The Morgan fingerprint density at radius 1 is 1.46 bits per heavy atom. The summed E-state index contributed by atoms with van der Waals surface area (Å²) in [5, 5.41) is 4.40. The van der Waals surface area contributed by atoms with E-state index >= 15 is 0 Å². The molecule has 13 heavy (non-hydrogen) atoms. The van der Waals surface area contributed by atoms with E-state index in [-0.39, 0.29) is 0 Å². The van der Waals surface area contributed by atoms with Crippen molar-refractivity contribution >= 4 is 11.8 Å². The number of nitrogens with zero attached hydrogens (tertiary/aromatic N) is 1. The first-order valence-corrected chi connectivity index (χ1v) is 6.46. The van der Waals surface area contributed by atoms with Crippen molar-refractivity contribution in [3.05, 3.63) is 0 Å². The lowest BCUT2D eigenvalue weighted by atomic mass is 10.1. The van der Waals surface area contributed by atoms with Gasteiger partial charge in [0, 0.05) is 17.8 Å². The van der Waals surface area contributed by atoms with E-state index in [1.165, 1.54) is 25.9 Å². The first kappa shape index (κ1) is 11.3. The predicted molar refractivity (Wildman–Crippen MR) is 61.5 cm³/mol. The number of hydrogen-bond acceptors (Lipinski definition) is 3. The molecule has 0 aliphatic carbocycles. The molecule has 1 aliphatic rings. The molecule has 0 aromatic carbocycles. The molecule has 0 bridgehead atoms. The topological polar surface area (TPSA) is 15.3 Å². The number of thioether (sulfide) groups is 1. The average Bonchev–Trinajstić information content (AvgIpc) is 2.16. The van der Waals surface area contributed by atoms with Gasteiger partial charge < -0.3 is 10.2 Å². The fourth-order valence-electron chi connectivity index (χ4n) is 1.63. The van der Waals surface area contributed by atoms with Gasteiger partial charge in [0.1, 0.15) is 0 Å². The molecule has 3 heteroatoms. The normalized spacial score (nSPS) is 23.3. The Labute approximate surface area is 86.5 Å². The van der Waals surface area contributed by atoms with Crippen molar-refractivity contribution in [2.75, 3.05) is 32.9 Å². The average molecular weight is 202 g/mol. The molecular formula is C10H22N2S. The molecule has 0 aromatic heterocycles. The van der Waals surface area contributed by atoms with Gasteiger partial charge in [0.25, 0.3) is 0 Å². The fraction of sp³-hybridized carbons (Fsp3) is 1.00. The first-order valence-electron chi connectivity index (χ1n) is 5.17. The molecule has 1 aliphatic heterocycles. The van der Waals surface area contributed by atoms with E-state index in [1.807, 2.05) is 11.8 Å². The summed E-state index contributed by atoms with van der Waals surface area (Å²) in [5.41, 5.74) is 0. The van der Waals surface area contributed by atoms with E-state index in [0.29, 0.717) is 0 Å². The van der Waals surface area contributed by atoms with Crippen LogP contribution >= 0.6 is 11.8 Å². The van der Waals surface area contributed by atoms with Gasteiger partial charge in [-0.3, -0.25) is 0 Å². The molecule has 0 aromatic rings. The monoisotopic (exact) mass is 202 g/mol. The third-order valence-electron chi connectivity index (χ3n) is 2.81. The Kier molecular flexibility index (Phi) is 5.14. The highest BCUT2D eigenvalue weighted by atomic mass is 32.2. The van der Waals surface area contributed by atoms with Gasteiger partial charge in [-0.2, -0.15) is 11.8 Å². The molecule has 0 saturated carbocycles. The van der Waals surface area contributed by atoms with E-state index in [4.69, 9.17) is 0 Å². The molecule has 2 nitrogen and oxygen atoms in total. The quantitative estimate of drug-likeness (QED) is 0.742. The second kappa shape index (κ2) is 5.89. The second-order valence-electron chi connectivity index (χ2n) is 4.03. The number of rotatable bonds is 4. The van der Waals surface area contributed by atoms with Crippen LogP contribution in [0.4, 0.5) is 0 Å². The summed E-state index contributed by atoms with van der Waals surface area (Å²) >= 11 is 1.94. The standard InChI is InChI=1S/C10H22N2S/c1-9(13-3)8-11-10-4-6-12(2)7-5-10/h9-11H,4-8H2,1-3H3. The maximum Gasteiger partial charge on any atom is 0.0141 e. The van der Waals surface area contributed by atoms with Crippen molar-refractivity contribution in [3.8, 4) is 0 Å². The van der Waals surface area contributed by atoms with Crippen molar-refractivity contribution in [2.24, 2.45) is 0 Å². The number of likely N-dealkylation sites (tertiary alicyclic amines) is 1. The van der Waals surface area contributed by atoms with Crippen molar-refractivity contribution in [1.82, 2.24) is 10.2 Å². The molecule has 0 amide bonds. The first-order chi connectivity index (χ1) is 6.22. The fourth-order valence-corrected chi connectivity index (χ4v) is 1.89. The van der Waals surface area contributed by atoms with Gasteiger partial charge in [-0.15, -0.1) is 0 Å². The highest BCUT2D eigenvalue weighted by Gasteiger charge is 2.16. The molecule has 0 spiro atoms. The van der Waals surface area contributed by atoms with Crippen LogP contribution in [-0.4, -0.2) is 49.1 Å². The summed E-state index contributed by atoms with van der Waals surface area (Å²) in [6, 6.07) is 0.769. The highest BCUT2D eigenvalue weighted by Crippen LogP contribution is 2.09. The predicted octanol–water partition coefficient (Wildman–Crippen LogP) is 1.42. The SMILES string of the molecule is CSC(C)CNC1CCN(C)CC1. The molecule has 1 saturated heterocycles. The lowest BCUT2D eigenvalue weighted by Gasteiger charge is -2.30. The Hall–Kier alpha value is 0.270. The number of piperidine rings is 1. The zero-order valence-corrected chi connectivity index (χ0v) is 9.86. The minimum Gasteiger partial charge on any atom is -0.313 e. The largest absolute Gasteiger partial charge is 0.313 e. The van der Waals surface area contributed by atoms with Crippen molar-refractivity contribution in [2.45, 2.75) is 31.1 Å². The van der Waals surface area contributed by atoms with Crippen LogP contribution in [0.5, 0.6) is 0 Å². The van der Waals surface area contributed by atoms with Crippen LogP contribution in [0.2, 0.25) is 0 Å². The van der Waals surface area contributed by atoms with Gasteiger partial charge in [0.15, 0.2) is 0 Å². The third kappa shape index (κ3) is 4.34. The Balaban J connectivity index is 2.08. The molecule has 0 radical (unpaired) electrons. The van der Waals surface area contributed by atoms with Gasteiger partial charge >= 0.3 is 0 Å². The van der Waals surface area contributed by atoms with E-state index in [2.05, 4.69) is 30.4 Å². The summed E-state index contributed by atoms with van der Waals surface area (Å²) in [5.74, 6) is 0. The summed E-state index contributed by atoms with van der Waals surface area (Å²) in [6.45, 7) is 5.96. The Morgan fingerprint density at radius 2 is 2.08 bits per heavy atom. The number of nitrogens with one attached hydrogen (secondary N) is 1. The zero-order valence-electron chi connectivity index (χ0n) is 9.05. The van der Waals surface area contributed by atoms with Gasteiger partial charge in [-0.25, -0.2) is 0 Å². The summed E-state index contributed by atoms with van der Waals surface area (Å²) in [4.78, 5) is 2.41. The molecule has 1 atom stereocenters. The van der Waals surface area contributed by atoms with Crippen LogP contribution in [0.25, 0.3) is 0 Å². The van der Waals surface area contributed by atoms with Crippen LogP contribution in [0.3, 0.4) is 0 Å². The molecule has 1 N–H and O–H groups in total. The van der Waals surface area contributed by atoms with Gasteiger partial charge in [0.05, 0.1) is 0 Å². The summed E-state index contributed by atoms with van der Waals surface area (Å²) in [7, 11) is 2.21. The molecular weight excluding hydrogens is 180 g/mol. The molecule has 1 unspecified atom stereocenters. The second-order valence-corrected chi connectivity index (χ2v) is 5.31. The maximum atomic E-state index is 3.65. The minimum absolute atomic E-state index is 0.750. The molecule has 1 heterocycles. The number of hydrogen-bond donors (Lipinski definition) is 1. The van der Waals surface area contributed by atoms with Crippen LogP contribution < -0.4 is 5.32 Å². The zero-order chi connectivity index (χ0) is 9.68. The summed E-state index contributed by atoms with van der Waals surface area (Å²) < 4.78 is 0. The van der Waals surface area contributed by atoms with Gasteiger partial charge in [-0.1, -0.05) is 6.92 Å². The van der Waals surface area contributed by atoms with Crippen molar-refractivity contribution < 1.29 is 0 Å². The molecule has 1 fully saturated rings. The van der Waals surface area contributed by atoms with E-state index in [1.54, 1.807) is 0 Å². The van der Waals surface area contributed by atoms with E-state index < -0.39 is 0 Å². The lowest BCUT2D eigenvalue weighted by molar-refractivity contribution is 0.235. The van der Waals surface area contributed by atoms with Crippen LogP contribution in [0.1, 0.15) is 19.8 Å². The minimum atomic E-state index is 0.750. The summed E-state index contributed by atoms with van der Waals surface area (Å²) in [6.07, 6.45) is 4.82. The maximum absolute atomic E-state index is 3.65. The Morgan fingerprint density at radius 3 is 2.62 bits per heavy atom. The lowest BCUT2D eigenvalue weighted by Crippen LogP contribution is -2.42. The van der Waals surface area contributed by atoms with Crippen LogP contribution in [-0.2, 0) is 0 Å². The van der Waals surface area contributed by atoms with E-state index in [9.17, 15) is 0 Å². The van der Waals surface area contributed by atoms with Crippen LogP contribution in [0.15, 0.2) is 0 Å². The van der Waals surface area contributed by atoms with E-state index in [0.717, 1.165) is 17.8 Å². The third-order valence-corrected chi connectivity index (χ3v) is 3.79. The Bertz CT molecular complexity index is 133. The van der Waals surface area contributed by atoms with Crippen molar-refractivity contribution in [3.63, 3.8) is 0 Å². The molecule has 1 rings (SSSR count). The van der Waals surface area contributed by atoms with Gasteiger partial charge in [0.2, 0.25) is 0 Å². The van der Waals surface area contributed by atoms with Gasteiger partial charge in [-0.05, 0) is 39.2 Å². The van der Waals surface area contributed by atoms with Crippen molar-refractivity contribution in [1.29, 1.82) is 0 Å². The molecule has 78 valence electrons. The highest BCUT2D eigenvalue weighted by molar-refractivity contribution is 7.99.